The number of ether oxygens (including phenoxy) is 5. The molecule has 0 amide bonds. The van der Waals surface area contributed by atoms with Gasteiger partial charge in [-0.2, -0.15) is 0 Å². The van der Waals surface area contributed by atoms with Crippen molar-refractivity contribution in [3.63, 3.8) is 0 Å². The Balaban J connectivity index is 1.71. The zero-order chi connectivity index (χ0) is 27.7. The normalized spacial score (nSPS) is 16.1. The predicted molar refractivity (Wildman–Crippen MR) is 149 cm³/mol. The third-order valence-electron chi connectivity index (χ3n) is 6.18. The van der Waals surface area contributed by atoms with Crippen molar-refractivity contribution in [1.82, 2.24) is 4.57 Å². The van der Waals surface area contributed by atoms with Crippen molar-refractivity contribution in [3.8, 4) is 23.0 Å². The summed E-state index contributed by atoms with van der Waals surface area (Å²) in [5.41, 5.74) is 1.93. The Morgan fingerprint density at radius 1 is 1.10 bits per heavy atom. The molecule has 0 radical (unpaired) electrons. The fraction of sp³-hybridized carbons (Fsp3) is 0.321. The molecule has 2 aliphatic heterocycles. The van der Waals surface area contributed by atoms with E-state index in [1.165, 1.54) is 11.3 Å². The smallest absolute Gasteiger partial charge is 0.338 e. The van der Waals surface area contributed by atoms with Gasteiger partial charge in [-0.25, -0.2) is 9.79 Å². The number of hydrogen-bond acceptors (Lipinski definition) is 9. The standard InChI is InChI=1S/C28H27BrN2O7S/c1-5-34-19-9-8-16(10-20(19)35-6-2)25-24(27(33)36-7-3)15(4)30-28-31(25)26(32)23(39-28)12-17-11-21-22(13-18(17)29)38-14-37-21/h8-13,25H,5-7,14H2,1-4H3/b23-12-/t25-/m1/s1. The van der Waals surface area contributed by atoms with Crippen LogP contribution in [-0.2, 0) is 9.53 Å². The first-order valence-electron chi connectivity index (χ1n) is 12.5. The molecule has 0 spiro atoms. The van der Waals surface area contributed by atoms with Crippen LogP contribution in [0.1, 0.15) is 44.9 Å². The van der Waals surface area contributed by atoms with Gasteiger partial charge in [0.25, 0.3) is 5.56 Å². The SMILES string of the molecule is CCOC(=O)C1=C(C)N=c2s/c(=C\c3cc4c(cc3Br)OCO4)c(=O)n2[C@@H]1c1ccc(OCC)c(OCC)c1. The highest BCUT2D eigenvalue weighted by molar-refractivity contribution is 9.10. The van der Waals surface area contributed by atoms with Crippen LogP contribution in [-0.4, -0.2) is 37.1 Å². The third kappa shape index (κ3) is 5.08. The van der Waals surface area contributed by atoms with E-state index < -0.39 is 12.0 Å². The van der Waals surface area contributed by atoms with E-state index >= 15 is 0 Å². The number of esters is 1. The molecule has 9 nitrogen and oxygen atoms in total. The second-order valence-corrected chi connectivity index (χ2v) is 10.5. The highest BCUT2D eigenvalue weighted by Crippen LogP contribution is 2.38. The summed E-state index contributed by atoms with van der Waals surface area (Å²) in [5, 5.41) is 0. The van der Waals surface area contributed by atoms with Crippen molar-refractivity contribution in [3.05, 3.63) is 76.9 Å². The van der Waals surface area contributed by atoms with Crippen molar-refractivity contribution in [2.45, 2.75) is 33.7 Å². The van der Waals surface area contributed by atoms with Gasteiger partial charge in [-0.05, 0) is 69.2 Å². The summed E-state index contributed by atoms with van der Waals surface area (Å²) in [6.45, 7) is 8.51. The number of aromatic nitrogens is 1. The van der Waals surface area contributed by atoms with Crippen LogP contribution in [0.3, 0.4) is 0 Å². The number of nitrogens with zero attached hydrogens (tertiary/aromatic N) is 2. The van der Waals surface area contributed by atoms with E-state index in [2.05, 4.69) is 20.9 Å². The van der Waals surface area contributed by atoms with Gasteiger partial charge < -0.3 is 23.7 Å². The molecule has 0 unspecified atom stereocenters. The highest BCUT2D eigenvalue weighted by atomic mass is 79.9. The van der Waals surface area contributed by atoms with E-state index in [4.69, 9.17) is 23.7 Å². The molecular formula is C28H27BrN2O7S. The van der Waals surface area contributed by atoms with E-state index in [9.17, 15) is 9.59 Å². The lowest BCUT2D eigenvalue weighted by Gasteiger charge is -2.25. The summed E-state index contributed by atoms with van der Waals surface area (Å²) in [6.07, 6.45) is 1.78. The van der Waals surface area contributed by atoms with Crippen molar-refractivity contribution in [2.24, 2.45) is 4.99 Å². The Hall–Kier alpha value is -3.57. The van der Waals surface area contributed by atoms with Crippen LogP contribution in [0.5, 0.6) is 23.0 Å². The van der Waals surface area contributed by atoms with Crippen LogP contribution in [0.2, 0.25) is 0 Å². The number of hydrogen-bond donors (Lipinski definition) is 0. The minimum atomic E-state index is -0.766. The second-order valence-electron chi connectivity index (χ2n) is 8.60. The molecule has 1 atom stereocenters. The summed E-state index contributed by atoms with van der Waals surface area (Å²) in [5.74, 6) is 1.83. The molecule has 5 rings (SSSR count). The Morgan fingerprint density at radius 2 is 1.82 bits per heavy atom. The lowest BCUT2D eigenvalue weighted by Crippen LogP contribution is -2.40. The highest BCUT2D eigenvalue weighted by Gasteiger charge is 2.34. The fourth-order valence-corrected chi connectivity index (χ4v) is 6.00. The van der Waals surface area contributed by atoms with Crippen LogP contribution in [0, 0.1) is 0 Å². The first kappa shape index (κ1) is 27.0. The molecule has 3 heterocycles. The lowest BCUT2D eigenvalue weighted by molar-refractivity contribution is -0.139. The Labute approximate surface area is 237 Å². The molecule has 0 bridgehead atoms. The topological polar surface area (TPSA) is 97.6 Å². The molecule has 0 aliphatic carbocycles. The second kappa shape index (κ2) is 11.3. The van der Waals surface area contributed by atoms with Crippen LogP contribution >= 0.6 is 27.3 Å². The first-order chi connectivity index (χ1) is 18.9. The van der Waals surface area contributed by atoms with Crippen molar-refractivity contribution >= 4 is 39.3 Å². The van der Waals surface area contributed by atoms with Crippen molar-refractivity contribution in [2.75, 3.05) is 26.6 Å². The van der Waals surface area contributed by atoms with Gasteiger partial charge in [0.15, 0.2) is 27.8 Å². The van der Waals surface area contributed by atoms with E-state index in [-0.39, 0.29) is 19.0 Å². The first-order valence-corrected chi connectivity index (χ1v) is 14.2. The van der Waals surface area contributed by atoms with E-state index in [1.54, 1.807) is 30.6 Å². The summed E-state index contributed by atoms with van der Waals surface area (Å²) < 4.78 is 30.7. The molecule has 2 aliphatic rings. The van der Waals surface area contributed by atoms with Crippen LogP contribution < -0.4 is 33.8 Å². The van der Waals surface area contributed by atoms with Gasteiger partial charge in [-0.15, -0.1) is 0 Å². The predicted octanol–water partition coefficient (Wildman–Crippen LogP) is 4.09. The average Bonchev–Trinajstić information content (AvgIpc) is 3.48. The van der Waals surface area contributed by atoms with E-state index in [0.717, 1.165) is 10.0 Å². The van der Waals surface area contributed by atoms with Gasteiger partial charge in [0.05, 0.1) is 41.7 Å². The van der Waals surface area contributed by atoms with Gasteiger partial charge >= 0.3 is 5.97 Å². The number of fused-ring (bicyclic) bond motifs is 2. The number of rotatable bonds is 8. The van der Waals surface area contributed by atoms with Gasteiger partial charge in [0.1, 0.15) is 0 Å². The van der Waals surface area contributed by atoms with Crippen molar-refractivity contribution in [1.29, 1.82) is 0 Å². The molecule has 39 heavy (non-hydrogen) atoms. The number of allylic oxidation sites excluding steroid dienone is 1. The van der Waals surface area contributed by atoms with Gasteiger partial charge in [0, 0.05) is 4.47 Å². The van der Waals surface area contributed by atoms with Crippen LogP contribution in [0.4, 0.5) is 0 Å². The number of benzene rings is 2. The summed E-state index contributed by atoms with van der Waals surface area (Å²) >= 11 is 4.81. The molecule has 2 aromatic carbocycles. The number of thiazole rings is 1. The van der Waals surface area contributed by atoms with E-state index in [0.29, 0.717) is 62.4 Å². The molecule has 1 aromatic heterocycles. The van der Waals surface area contributed by atoms with Gasteiger partial charge in [-0.3, -0.25) is 9.36 Å². The van der Waals surface area contributed by atoms with E-state index in [1.807, 2.05) is 38.1 Å². The lowest BCUT2D eigenvalue weighted by atomic mass is 9.95. The monoisotopic (exact) mass is 614 g/mol. The summed E-state index contributed by atoms with van der Waals surface area (Å²) in [6, 6.07) is 8.30. The largest absolute Gasteiger partial charge is 0.490 e. The minimum absolute atomic E-state index is 0.148. The Bertz CT molecular complexity index is 1660. The third-order valence-corrected chi connectivity index (χ3v) is 7.85. The zero-order valence-corrected chi connectivity index (χ0v) is 24.3. The average molecular weight is 616 g/mol. The molecule has 3 aromatic rings. The van der Waals surface area contributed by atoms with Gasteiger partial charge in [0.2, 0.25) is 6.79 Å². The maximum atomic E-state index is 13.9. The van der Waals surface area contributed by atoms with Gasteiger partial charge in [-0.1, -0.05) is 33.3 Å². The molecule has 0 N–H and O–H groups in total. The Morgan fingerprint density at radius 3 is 2.54 bits per heavy atom. The summed E-state index contributed by atoms with van der Waals surface area (Å²) in [4.78, 5) is 32.3. The van der Waals surface area contributed by atoms with Crippen LogP contribution in [0.25, 0.3) is 6.08 Å². The number of carbonyl (C=O) groups excluding carboxylic acids is 1. The molecule has 0 saturated carbocycles. The molecule has 11 heteroatoms. The zero-order valence-electron chi connectivity index (χ0n) is 21.9. The number of carbonyl (C=O) groups is 1. The summed E-state index contributed by atoms with van der Waals surface area (Å²) in [7, 11) is 0. The number of halogens is 1. The maximum Gasteiger partial charge on any atom is 0.338 e. The molecular weight excluding hydrogens is 588 g/mol. The quantitative estimate of drug-likeness (QED) is 0.353. The van der Waals surface area contributed by atoms with Crippen molar-refractivity contribution < 1.29 is 28.5 Å². The fourth-order valence-electron chi connectivity index (χ4n) is 4.53. The molecule has 204 valence electrons. The van der Waals surface area contributed by atoms with Crippen LogP contribution in [0.15, 0.2) is 55.9 Å². The minimum Gasteiger partial charge on any atom is -0.490 e. The molecule has 0 saturated heterocycles. The molecule has 0 fully saturated rings. The Kier molecular flexibility index (Phi) is 7.81. The maximum absolute atomic E-state index is 13.9.